The van der Waals surface area contributed by atoms with Crippen LogP contribution in [-0.4, -0.2) is 11.1 Å². The first-order valence-corrected chi connectivity index (χ1v) is 4.93. The third kappa shape index (κ3) is 2.84. The van der Waals surface area contributed by atoms with E-state index in [1.54, 1.807) is 0 Å². The van der Waals surface area contributed by atoms with Crippen molar-refractivity contribution >= 4 is 5.97 Å². The lowest BCUT2D eigenvalue weighted by molar-refractivity contribution is -0.141. The van der Waals surface area contributed by atoms with Crippen LogP contribution < -0.4 is 0 Å². The summed E-state index contributed by atoms with van der Waals surface area (Å²) in [5.41, 5.74) is 0. The molecule has 2 heteroatoms. The zero-order valence-electron chi connectivity index (χ0n) is 7.75. The van der Waals surface area contributed by atoms with Gasteiger partial charge in [-0.3, -0.25) is 4.79 Å². The maximum atomic E-state index is 10.6. The molecule has 0 bridgehead atoms. The highest BCUT2D eigenvalue weighted by Crippen LogP contribution is 2.28. The monoisotopic (exact) mass is 170 g/mol. The van der Waals surface area contributed by atoms with Crippen LogP contribution in [0.2, 0.25) is 0 Å². The molecule has 1 fully saturated rings. The van der Waals surface area contributed by atoms with Crippen LogP contribution in [0.5, 0.6) is 0 Å². The molecular weight excluding hydrogens is 152 g/mol. The molecule has 0 saturated heterocycles. The second-order valence-corrected chi connectivity index (χ2v) is 3.98. The lowest BCUT2D eigenvalue weighted by atomic mass is 9.83. The molecule has 1 atom stereocenters. The average molecular weight is 170 g/mol. The molecule has 1 saturated carbocycles. The van der Waals surface area contributed by atoms with Gasteiger partial charge in [-0.1, -0.05) is 39.0 Å². The molecule has 1 aliphatic carbocycles. The molecule has 0 aromatic heterocycles. The molecular formula is C10H18O2. The third-order valence-corrected chi connectivity index (χ3v) is 2.83. The third-order valence-electron chi connectivity index (χ3n) is 2.83. The predicted molar refractivity (Wildman–Crippen MR) is 48.0 cm³/mol. The van der Waals surface area contributed by atoms with E-state index in [4.69, 9.17) is 5.11 Å². The predicted octanol–water partition coefficient (Wildman–Crippen LogP) is 2.68. The van der Waals surface area contributed by atoms with Gasteiger partial charge in [-0.2, -0.15) is 0 Å². The van der Waals surface area contributed by atoms with Gasteiger partial charge in [-0.15, -0.1) is 0 Å². The topological polar surface area (TPSA) is 37.3 Å². The minimum atomic E-state index is -0.638. The van der Waals surface area contributed by atoms with E-state index in [9.17, 15) is 4.79 Å². The Morgan fingerprint density at radius 3 is 2.50 bits per heavy atom. The van der Waals surface area contributed by atoms with Crippen molar-refractivity contribution in [1.29, 1.82) is 0 Å². The molecule has 0 spiro atoms. The molecule has 0 radical (unpaired) electrons. The molecule has 70 valence electrons. The SMILES string of the molecule is C[C@@H](CC1CCCCC1)C(=O)O. The Hall–Kier alpha value is -0.530. The maximum Gasteiger partial charge on any atom is 0.306 e. The Bertz CT molecular complexity index is 148. The van der Waals surface area contributed by atoms with Crippen LogP contribution in [0.15, 0.2) is 0 Å². The van der Waals surface area contributed by atoms with Crippen molar-refractivity contribution in [2.75, 3.05) is 0 Å². The summed E-state index contributed by atoms with van der Waals surface area (Å²) in [6, 6.07) is 0. The van der Waals surface area contributed by atoms with Crippen molar-refractivity contribution in [3.8, 4) is 0 Å². The van der Waals surface area contributed by atoms with Crippen molar-refractivity contribution in [1.82, 2.24) is 0 Å². The van der Waals surface area contributed by atoms with Gasteiger partial charge in [0.05, 0.1) is 5.92 Å². The molecule has 0 aromatic rings. The molecule has 1 N–H and O–H groups in total. The number of carboxylic acids is 1. The Morgan fingerprint density at radius 1 is 1.42 bits per heavy atom. The number of hydrogen-bond acceptors (Lipinski definition) is 1. The second kappa shape index (κ2) is 4.48. The Labute approximate surface area is 74.0 Å². The van der Waals surface area contributed by atoms with Crippen LogP contribution in [0.25, 0.3) is 0 Å². The highest BCUT2D eigenvalue weighted by molar-refractivity contribution is 5.69. The fourth-order valence-electron chi connectivity index (χ4n) is 2.02. The summed E-state index contributed by atoms with van der Waals surface area (Å²) >= 11 is 0. The number of hydrogen-bond donors (Lipinski definition) is 1. The summed E-state index contributed by atoms with van der Waals surface area (Å²) in [4.78, 5) is 10.6. The van der Waals surface area contributed by atoms with Crippen LogP contribution in [0, 0.1) is 11.8 Å². The number of aliphatic carboxylic acids is 1. The summed E-state index contributed by atoms with van der Waals surface area (Å²) < 4.78 is 0. The van der Waals surface area contributed by atoms with E-state index in [0.29, 0.717) is 5.92 Å². The van der Waals surface area contributed by atoms with Crippen molar-refractivity contribution in [3.63, 3.8) is 0 Å². The van der Waals surface area contributed by atoms with Crippen LogP contribution in [0.4, 0.5) is 0 Å². The van der Waals surface area contributed by atoms with E-state index >= 15 is 0 Å². The van der Waals surface area contributed by atoms with Gasteiger partial charge in [-0.25, -0.2) is 0 Å². The number of rotatable bonds is 3. The summed E-state index contributed by atoms with van der Waals surface area (Å²) in [6.07, 6.45) is 7.33. The first-order valence-electron chi connectivity index (χ1n) is 4.93. The molecule has 12 heavy (non-hydrogen) atoms. The minimum absolute atomic E-state index is 0.145. The second-order valence-electron chi connectivity index (χ2n) is 3.98. The summed E-state index contributed by atoms with van der Waals surface area (Å²) in [7, 11) is 0. The maximum absolute atomic E-state index is 10.6. The lowest BCUT2D eigenvalue weighted by Gasteiger charge is -2.22. The van der Waals surface area contributed by atoms with Crippen LogP contribution in [0.1, 0.15) is 45.4 Å². The standard InChI is InChI=1S/C10H18O2/c1-8(10(11)12)7-9-5-3-2-4-6-9/h8-9H,2-7H2,1H3,(H,11,12)/t8-/m0/s1. The van der Waals surface area contributed by atoms with Crippen LogP contribution in [-0.2, 0) is 4.79 Å². The minimum Gasteiger partial charge on any atom is -0.481 e. The van der Waals surface area contributed by atoms with Gasteiger partial charge in [0.15, 0.2) is 0 Å². The molecule has 2 nitrogen and oxygen atoms in total. The van der Waals surface area contributed by atoms with Crippen molar-refractivity contribution in [2.45, 2.75) is 45.4 Å². The van der Waals surface area contributed by atoms with Crippen molar-refractivity contribution in [2.24, 2.45) is 11.8 Å². The van der Waals surface area contributed by atoms with E-state index in [1.807, 2.05) is 6.92 Å². The Kier molecular flexibility index (Phi) is 3.57. The highest BCUT2D eigenvalue weighted by Gasteiger charge is 2.19. The molecule has 1 aliphatic rings. The molecule has 0 heterocycles. The average Bonchev–Trinajstić information content (AvgIpc) is 2.06. The normalized spacial score (nSPS) is 22.1. The fourth-order valence-corrected chi connectivity index (χ4v) is 2.02. The van der Waals surface area contributed by atoms with Gasteiger partial charge < -0.3 is 5.11 Å². The Balaban J connectivity index is 2.24. The summed E-state index contributed by atoms with van der Waals surface area (Å²) in [5, 5.41) is 8.71. The van der Waals surface area contributed by atoms with E-state index in [0.717, 1.165) is 6.42 Å². The van der Waals surface area contributed by atoms with E-state index in [2.05, 4.69) is 0 Å². The van der Waals surface area contributed by atoms with E-state index in [1.165, 1.54) is 32.1 Å². The zero-order valence-corrected chi connectivity index (χ0v) is 7.75. The number of carbonyl (C=O) groups is 1. The van der Waals surface area contributed by atoms with Crippen LogP contribution in [0.3, 0.4) is 0 Å². The molecule has 0 aliphatic heterocycles. The largest absolute Gasteiger partial charge is 0.481 e. The highest BCUT2D eigenvalue weighted by atomic mass is 16.4. The molecule has 0 amide bonds. The van der Waals surface area contributed by atoms with E-state index in [-0.39, 0.29) is 5.92 Å². The fraction of sp³-hybridized carbons (Fsp3) is 0.900. The quantitative estimate of drug-likeness (QED) is 0.707. The smallest absolute Gasteiger partial charge is 0.306 e. The van der Waals surface area contributed by atoms with Gasteiger partial charge in [0, 0.05) is 0 Å². The lowest BCUT2D eigenvalue weighted by Crippen LogP contribution is -2.16. The summed E-state index contributed by atoms with van der Waals surface area (Å²) in [5.74, 6) is -0.0986. The molecule has 1 rings (SSSR count). The van der Waals surface area contributed by atoms with Gasteiger partial charge in [-0.05, 0) is 12.3 Å². The van der Waals surface area contributed by atoms with Gasteiger partial charge in [0.1, 0.15) is 0 Å². The first-order chi connectivity index (χ1) is 5.70. The molecule has 0 aromatic carbocycles. The van der Waals surface area contributed by atoms with E-state index < -0.39 is 5.97 Å². The zero-order chi connectivity index (χ0) is 8.97. The van der Waals surface area contributed by atoms with Gasteiger partial charge in [0.25, 0.3) is 0 Å². The Morgan fingerprint density at radius 2 is 2.00 bits per heavy atom. The summed E-state index contributed by atoms with van der Waals surface area (Å²) in [6.45, 7) is 1.82. The van der Waals surface area contributed by atoms with Gasteiger partial charge >= 0.3 is 5.97 Å². The first kappa shape index (κ1) is 9.56. The number of carboxylic acid groups (broad SMARTS) is 1. The van der Waals surface area contributed by atoms with Crippen LogP contribution >= 0.6 is 0 Å². The van der Waals surface area contributed by atoms with Crippen molar-refractivity contribution < 1.29 is 9.90 Å². The van der Waals surface area contributed by atoms with Gasteiger partial charge in [0.2, 0.25) is 0 Å². The van der Waals surface area contributed by atoms with Crippen molar-refractivity contribution in [3.05, 3.63) is 0 Å². The molecule has 0 unspecified atom stereocenters.